The van der Waals surface area contributed by atoms with Gasteiger partial charge in [-0.1, -0.05) is 48.6 Å². The molecule has 2 atom stereocenters. The van der Waals surface area contributed by atoms with E-state index in [9.17, 15) is 9.90 Å². The fourth-order valence-electron chi connectivity index (χ4n) is 1.84. The van der Waals surface area contributed by atoms with Crippen molar-refractivity contribution in [3.8, 4) is 0 Å². The van der Waals surface area contributed by atoms with Gasteiger partial charge in [0, 0.05) is 6.08 Å². The summed E-state index contributed by atoms with van der Waals surface area (Å²) in [5, 5.41) is 10.0. The number of rotatable bonds is 3. The highest BCUT2D eigenvalue weighted by Crippen LogP contribution is 2.20. The topological polar surface area (TPSA) is 73.7 Å². The van der Waals surface area contributed by atoms with Gasteiger partial charge in [0.2, 0.25) is 0 Å². The maximum Gasteiger partial charge on any atom is 0.306 e. The highest BCUT2D eigenvalue weighted by Gasteiger charge is 2.33. The summed E-state index contributed by atoms with van der Waals surface area (Å²) in [6.45, 7) is 0. The van der Waals surface area contributed by atoms with Crippen molar-refractivity contribution in [2.75, 3.05) is 0 Å². The molecule has 1 aliphatic carbocycles. The first kappa shape index (κ1) is 12.2. The van der Waals surface area contributed by atoms with E-state index in [1.807, 2.05) is 6.07 Å². The molecule has 0 aliphatic heterocycles. The minimum absolute atomic E-state index is 0.234. The summed E-state index contributed by atoms with van der Waals surface area (Å²) in [5.41, 5.74) is 9.60. The Morgan fingerprint density at radius 3 is 2.67 bits per heavy atom. The minimum atomic E-state index is -1.22. The Kier molecular flexibility index (Phi) is 3.63. The molecule has 1 aromatic rings. The van der Waals surface area contributed by atoms with Crippen molar-refractivity contribution in [3.05, 3.63) is 65.7 Å². The Hall–Kier alpha value is -2.29. The van der Waals surface area contributed by atoms with Crippen LogP contribution in [0.25, 0.3) is 5.53 Å². The van der Waals surface area contributed by atoms with Crippen molar-refractivity contribution in [2.24, 2.45) is 5.92 Å². The normalized spacial score (nSPS) is 19.4. The van der Waals surface area contributed by atoms with Gasteiger partial charge in [-0.25, -0.2) is 0 Å². The van der Waals surface area contributed by atoms with Crippen molar-refractivity contribution >= 4 is 11.5 Å². The van der Waals surface area contributed by atoms with Crippen LogP contribution in [0.2, 0.25) is 0 Å². The predicted octanol–water partition coefficient (Wildman–Crippen LogP) is 1.70. The van der Waals surface area contributed by atoms with E-state index in [-0.39, 0.29) is 5.71 Å². The third-order valence-corrected chi connectivity index (χ3v) is 2.81. The van der Waals surface area contributed by atoms with Crippen molar-refractivity contribution in [2.45, 2.75) is 6.10 Å². The lowest BCUT2D eigenvalue weighted by Crippen LogP contribution is -2.28. The Balaban J connectivity index is 2.24. The highest BCUT2D eigenvalue weighted by atomic mass is 16.3. The second kappa shape index (κ2) is 5.36. The summed E-state index contributed by atoms with van der Waals surface area (Å²) in [6, 6.07) is 8.68. The highest BCUT2D eigenvalue weighted by molar-refractivity contribution is 6.11. The van der Waals surface area contributed by atoms with E-state index in [0.717, 1.165) is 0 Å². The number of carbonyl (C=O) groups is 1. The standard InChI is InChI=1S/C14H12N2O2/c15-16-12-9-5-4-8-11(12)14(18)13(17)10-6-2-1-3-7-10/h1-9,11,13,17H. The van der Waals surface area contributed by atoms with Crippen LogP contribution in [0.3, 0.4) is 0 Å². The van der Waals surface area contributed by atoms with Crippen molar-refractivity contribution in [1.82, 2.24) is 0 Å². The molecule has 0 amide bonds. The molecule has 0 spiro atoms. The second-order valence-corrected chi connectivity index (χ2v) is 3.96. The molecule has 1 N–H and O–H groups in total. The van der Waals surface area contributed by atoms with E-state index in [1.165, 1.54) is 0 Å². The number of Topliss-reactive ketones (excluding diaryl/α,β-unsaturated/α-hetero) is 1. The maximum atomic E-state index is 12.1. The van der Waals surface area contributed by atoms with Gasteiger partial charge in [-0.2, -0.15) is 4.79 Å². The number of hydrogen-bond donors (Lipinski definition) is 1. The number of aliphatic hydroxyl groups is 1. The zero-order chi connectivity index (χ0) is 13.0. The Morgan fingerprint density at radius 2 is 2.00 bits per heavy atom. The molecular weight excluding hydrogens is 228 g/mol. The third kappa shape index (κ3) is 2.35. The predicted molar refractivity (Wildman–Crippen MR) is 66.8 cm³/mol. The van der Waals surface area contributed by atoms with E-state index in [2.05, 4.69) is 4.79 Å². The van der Waals surface area contributed by atoms with Crippen LogP contribution in [0.4, 0.5) is 0 Å². The van der Waals surface area contributed by atoms with Crippen LogP contribution in [-0.2, 0) is 4.79 Å². The third-order valence-electron chi connectivity index (χ3n) is 2.81. The van der Waals surface area contributed by atoms with Crippen LogP contribution in [0, 0.1) is 5.92 Å². The first-order chi connectivity index (χ1) is 8.74. The van der Waals surface area contributed by atoms with Crippen molar-refractivity contribution in [3.63, 3.8) is 0 Å². The molecule has 0 bridgehead atoms. The Labute approximate surface area is 105 Å². The molecule has 0 saturated carbocycles. The van der Waals surface area contributed by atoms with Gasteiger partial charge in [-0.15, -0.1) is 0 Å². The monoisotopic (exact) mass is 240 g/mol. The molecule has 2 rings (SSSR count). The van der Waals surface area contributed by atoms with Gasteiger partial charge in [0.15, 0.2) is 5.78 Å². The van der Waals surface area contributed by atoms with E-state index < -0.39 is 17.8 Å². The molecular formula is C14H12N2O2. The maximum absolute atomic E-state index is 12.1. The molecule has 2 unspecified atom stereocenters. The number of allylic oxidation sites excluding steroid dienone is 4. The SMILES string of the molecule is [N-]=[N+]=C1C=CC=CC1C(=O)C(O)c1ccccc1. The largest absolute Gasteiger partial charge is 0.381 e. The lowest BCUT2D eigenvalue weighted by molar-refractivity contribution is -0.129. The summed E-state index contributed by atoms with van der Waals surface area (Å²) in [6.07, 6.45) is 5.29. The van der Waals surface area contributed by atoms with Crippen LogP contribution in [0.15, 0.2) is 54.6 Å². The molecule has 0 radical (unpaired) electrons. The van der Waals surface area contributed by atoms with Gasteiger partial charge < -0.3 is 10.6 Å². The van der Waals surface area contributed by atoms with E-state index in [1.54, 1.807) is 48.6 Å². The molecule has 0 heterocycles. The fourth-order valence-corrected chi connectivity index (χ4v) is 1.84. The second-order valence-electron chi connectivity index (χ2n) is 3.96. The Bertz CT molecular complexity index is 554. The minimum Gasteiger partial charge on any atom is -0.381 e. The zero-order valence-electron chi connectivity index (χ0n) is 9.60. The fraction of sp³-hybridized carbons (Fsp3) is 0.143. The van der Waals surface area contributed by atoms with Gasteiger partial charge in [0.1, 0.15) is 12.0 Å². The van der Waals surface area contributed by atoms with E-state index in [4.69, 9.17) is 5.53 Å². The number of nitrogens with zero attached hydrogens (tertiary/aromatic N) is 2. The van der Waals surface area contributed by atoms with Crippen LogP contribution < -0.4 is 0 Å². The summed E-state index contributed by atoms with van der Waals surface area (Å²) in [7, 11) is 0. The molecule has 90 valence electrons. The molecule has 0 saturated heterocycles. The number of benzene rings is 1. The van der Waals surface area contributed by atoms with Gasteiger partial charge in [-0.3, -0.25) is 4.79 Å². The molecule has 0 fully saturated rings. The van der Waals surface area contributed by atoms with Crippen LogP contribution in [-0.4, -0.2) is 21.4 Å². The molecule has 4 heteroatoms. The Morgan fingerprint density at radius 1 is 1.28 bits per heavy atom. The van der Waals surface area contributed by atoms with Gasteiger partial charge in [0.05, 0.1) is 0 Å². The smallest absolute Gasteiger partial charge is 0.306 e. The quantitative estimate of drug-likeness (QED) is 0.645. The number of hydrogen-bond acceptors (Lipinski definition) is 2. The van der Waals surface area contributed by atoms with Crippen LogP contribution in [0.1, 0.15) is 11.7 Å². The number of carbonyl (C=O) groups excluding carboxylic acids is 1. The first-order valence-corrected chi connectivity index (χ1v) is 5.57. The van der Waals surface area contributed by atoms with Crippen molar-refractivity contribution in [1.29, 1.82) is 0 Å². The van der Waals surface area contributed by atoms with Crippen molar-refractivity contribution < 1.29 is 14.7 Å². The van der Waals surface area contributed by atoms with Crippen LogP contribution in [0.5, 0.6) is 0 Å². The van der Waals surface area contributed by atoms with E-state index in [0.29, 0.717) is 5.56 Å². The van der Waals surface area contributed by atoms with E-state index >= 15 is 0 Å². The molecule has 0 aromatic heterocycles. The molecule has 1 aromatic carbocycles. The summed E-state index contributed by atoms with van der Waals surface area (Å²) in [5.74, 6) is -1.12. The van der Waals surface area contributed by atoms with Gasteiger partial charge in [0.25, 0.3) is 0 Å². The summed E-state index contributed by atoms with van der Waals surface area (Å²) >= 11 is 0. The first-order valence-electron chi connectivity index (χ1n) is 5.57. The lowest BCUT2D eigenvalue weighted by Gasteiger charge is -2.14. The average Bonchev–Trinajstić information content (AvgIpc) is 2.46. The van der Waals surface area contributed by atoms with Crippen LogP contribution >= 0.6 is 0 Å². The molecule has 18 heavy (non-hydrogen) atoms. The zero-order valence-corrected chi connectivity index (χ0v) is 9.60. The summed E-state index contributed by atoms with van der Waals surface area (Å²) in [4.78, 5) is 15.2. The van der Waals surface area contributed by atoms with Gasteiger partial charge >= 0.3 is 5.71 Å². The number of ketones is 1. The lowest BCUT2D eigenvalue weighted by atomic mass is 9.89. The number of aliphatic hydroxyl groups excluding tert-OH is 1. The van der Waals surface area contributed by atoms with Gasteiger partial charge in [-0.05, 0) is 5.56 Å². The summed E-state index contributed by atoms with van der Waals surface area (Å²) < 4.78 is 0. The molecule has 1 aliphatic rings. The molecule has 4 nitrogen and oxygen atoms in total. The average molecular weight is 240 g/mol.